The Balaban J connectivity index is 1.53. The number of methoxy groups -OCH3 is 2. The first-order chi connectivity index (χ1) is 14.1. The average Bonchev–Trinajstić information content (AvgIpc) is 2.77. The second kappa shape index (κ2) is 7.99. The van der Waals surface area contributed by atoms with Crippen LogP contribution in [0.1, 0.15) is 15.9 Å². The van der Waals surface area contributed by atoms with E-state index >= 15 is 0 Å². The number of hydrogen-bond donors (Lipinski definition) is 0. The van der Waals surface area contributed by atoms with E-state index in [2.05, 4.69) is 24.0 Å². The van der Waals surface area contributed by atoms with Gasteiger partial charge in [0.2, 0.25) is 0 Å². The third-order valence-electron chi connectivity index (χ3n) is 5.40. The summed E-state index contributed by atoms with van der Waals surface area (Å²) in [6, 6.07) is 15.7. The summed E-state index contributed by atoms with van der Waals surface area (Å²) in [5.74, 6) is 1.99. The number of ether oxygens (including phenoxy) is 2. The van der Waals surface area contributed by atoms with Gasteiger partial charge in [0, 0.05) is 31.6 Å². The number of pyridine rings is 1. The van der Waals surface area contributed by atoms with Crippen molar-refractivity contribution in [2.45, 2.75) is 6.92 Å². The van der Waals surface area contributed by atoms with Gasteiger partial charge in [-0.3, -0.25) is 4.79 Å². The van der Waals surface area contributed by atoms with Gasteiger partial charge >= 0.3 is 0 Å². The van der Waals surface area contributed by atoms with Gasteiger partial charge in [-0.2, -0.15) is 0 Å². The first-order valence-corrected chi connectivity index (χ1v) is 9.74. The maximum atomic E-state index is 13.2. The molecule has 2 heterocycles. The minimum absolute atomic E-state index is 0.0675. The fraction of sp³-hybridized carbons (Fsp3) is 0.304. The monoisotopic (exact) mass is 391 g/mol. The molecular formula is C23H25N3O3. The largest absolute Gasteiger partial charge is 0.496 e. The second-order valence-corrected chi connectivity index (χ2v) is 7.14. The Morgan fingerprint density at radius 3 is 2.24 bits per heavy atom. The summed E-state index contributed by atoms with van der Waals surface area (Å²) in [7, 11) is 3.13. The molecule has 0 aliphatic carbocycles. The van der Waals surface area contributed by atoms with Crippen molar-refractivity contribution in [1.29, 1.82) is 0 Å². The molecule has 150 valence electrons. The molecule has 2 aromatic carbocycles. The summed E-state index contributed by atoms with van der Waals surface area (Å²) in [5, 5.41) is 1.14. The molecular weight excluding hydrogens is 366 g/mol. The summed E-state index contributed by atoms with van der Waals surface area (Å²) < 4.78 is 10.8. The predicted octanol–water partition coefficient (Wildman–Crippen LogP) is 3.52. The molecule has 29 heavy (non-hydrogen) atoms. The Morgan fingerprint density at radius 2 is 1.59 bits per heavy atom. The van der Waals surface area contributed by atoms with Gasteiger partial charge in [-0.25, -0.2) is 4.98 Å². The zero-order valence-electron chi connectivity index (χ0n) is 17.0. The molecule has 6 nitrogen and oxygen atoms in total. The first kappa shape index (κ1) is 19.1. The molecule has 4 rings (SSSR count). The number of benzene rings is 2. The molecule has 0 saturated carbocycles. The maximum Gasteiger partial charge on any atom is 0.261 e. The number of carbonyl (C=O) groups is 1. The molecule has 6 heteroatoms. The summed E-state index contributed by atoms with van der Waals surface area (Å²) in [6.45, 7) is 4.79. The predicted molar refractivity (Wildman–Crippen MR) is 114 cm³/mol. The van der Waals surface area contributed by atoms with E-state index in [0.29, 0.717) is 30.2 Å². The normalized spacial score (nSPS) is 14.2. The number of amides is 1. The van der Waals surface area contributed by atoms with E-state index in [1.807, 2.05) is 29.2 Å². The molecule has 0 radical (unpaired) electrons. The quantitative estimate of drug-likeness (QED) is 0.681. The number of carbonyl (C=O) groups excluding carboxylic acids is 1. The standard InChI is InChI=1S/C23H25N3O3/c1-16-15-17-7-4-5-8-18(17)24-22(16)25-11-13-26(14-12-25)23(27)21-19(28-2)9-6-10-20(21)29-3/h4-10,15H,11-14H2,1-3H3. The van der Waals surface area contributed by atoms with Crippen LogP contribution < -0.4 is 14.4 Å². The van der Waals surface area contributed by atoms with Gasteiger partial charge in [0.25, 0.3) is 5.91 Å². The molecule has 0 atom stereocenters. The summed E-state index contributed by atoms with van der Waals surface area (Å²) in [5.41, 5.74) is 2.62. The molecule has 0 spiro atoms. The van der Waals surface area contributed by atoms with Crippen LogP contribution in [-0.4, -0.2) is 56.2 Å². The zero-order valence-corrected chi connectivity index (χ0v) is 17.0. The molecule has 0 unspecified atom stereocenters. The van der Waals surface area contributed by atoms with Gasteiger partial charge < -0.3 is 19.3 Å². The van der Waals surface area contributed by atoms with Crippen molar-refractivity contribution in [3.05, 3.63) is 59.7 Å². The number of hydrogen-bond acceptors (Lipinski definition) is 5. The second-order valence-electron chi connectivity index (χ2n) is 7.14. The van der Waals surface area contributed by atoms with Crippen molar-refractivity contribution >= 4 is 22.6 Å². The molecule has 1 aliphatic rings. The van der Waals surface area contributed by atoms with E-state index < -0.39 is 0 Å². The lowest BCUT2D eigenvalue weighted by Gasteiger charge is -2.36. The zero-order chi connectivity index (χ0) is 20.4. The highest BCUT2D eigenvalue weighted by Crippen LogP contribution is 2.30. The smallest absolute Gasteiger partial charge is 0.261 e. The van der Waals surface area contributed by atoms with E-state index in [-0.39, 0.29) is 5.91 Å². The van der Waals surface area contributed by atoms with Crippen molar-refractivity contribution in [3.8, 4) is 11.5 Å². The number of aromatic nitrogens is 1. The van der Waals surface area contributed by atoms with Crippen LogP contribution in [0.3, 0.4) is 0 Å². The van der Waals surface area contributed by atoms with E-state index in [4.69, 9.17) is 14.5 Å². The number of nitrogens with zero attached hydrogens (tertiary/aromatic N) is 3. The minimum Gasteiger partial charge on any atom is -0.496 e. The van der Waals surface area contributed by atoms with E-state index in [9.17, 15) is 4.79 Å². The van der Waals surface area contributed by atoms with Crippen molar-refractivity contribution < 1.29 is 14.3 Å². The van der Waals surface area contributed by atoms with Crippen molar-refractivity contribution in [2.75, 3.05) is 45.3 Å². The van der Waals surface area contributed by atoms with Crippen molar-refractivity contribution in [1.82, 2.24) is 9.88 Å². The van der Waals surface area contributed by atoms with Gasteiger partial charge in [0.15, 0.2) is 0 Å². The number of para-hydroxylation sites is 1. The third-order valence-corrected chi connectivity index (χ3v) is 5.40. The van der Waals surface area contributed by atoms with Gasteiger partial charge in [-0.05, 0) is 36.8 Å². The van der Waals surface area contributed by atoms with Crippen LogP contribution in [0.15, 0.2) is 48.5 Å². The van der Waals surface area contributed by atoms with Crippen LogP contribution in [-0.2, 0) is 0 Å². The topological polar surface area (TPSA) is 54.9 Å². The van der Waals surface area contributed by atoms with Gasteiger partial charge in [0.1, 0.15) is 22.9 Å². The third kappa shape index (κ3) is 3.58. The Labute approximate surface area is 170 Å². The molecule has 1 saturated heterocycles. The number of anilines is 1. The molecule has 1 amide bonds. The Morgan fingerprint density at radius 1 is 0.931 bits per heavy atom. The highest BCUT2D eigenvalue weighted by molar-refractivity contribution is 6.00. The first-order valence-electron chi connectivity index (χ1n) is 9.74. The van der Waals surface area contributed by atoms with Crippen LogP contribution in [0, 0.1) is 6.92 Å². The average molecular weight is 391 g/mol. The number of fused-ring (bicyclic) bond motifs is 1. The molecule has 0 bridgehead atoms. The summed E-state index contributed by atoms with van der Waals surface area (Å²) >= 11 is 0. The number of piperazine rings is 1. The lowest BCUT2D eigenvalue weighted by Crippen LogP contribution is -2.49. The molecule has 0 N–H and O–H groups in total. The lowest BCUT2D eigenvalue weighted by atomic mass is 10.1. The highest BCUT2D eigenvalue weighted by Gasteiger charge is 2.28. The fourth-order valence-electron chi connectivity index (χ4n) is 3.87. The number of rotatable bonds is 4. The SMILES string of the molecule is COc1cccc(OC)c1C(=O)N1CCN(c2nc3ccccc3cc2C)CC1. The Kier molecular flexibility index (Phi) is 5.25. The van der Waals surface area contributed by atoms with E-state index in [1.165, 1.54) is 0 Å². The van der Waals surface area contributed by atoms with Crippen LogP contribution >= 0.6 is 0 Å². The van der Waals surface area contributed by atoms with E-state index in [1.54, 1.807) is 26.4 Å². The number of aryl methyl sites for hydroxylation is 1. The van der Waals surface area contributed by atoms with Crippen LogP contribution in [0.4, 0.5) is 5.82 Å². The van der Waals surface area contributed by atoms with Crippen molar-refractivity contribution in [3.63, 3.8) is 0 Å². The van der Waals surface area contributed by atoms with Crippen molar-refractivity contribution in [2.24, 2.45) is 0 Å². The van der Waals surface area contributed by atoms with E-state index in [0.717, 1.165) is 35.4 Å². The Bertz CT molecular complexity index is 1020. The molecule has 1 aliphatic heterocycles. The summed E-state index contributed by atoms with van der Waals surface area (Å²) in [6.07, 6.45) is 0. The molecule has 1 fully saturated rings. The van der Waals surface area contributed by atoms with Crippen LogP contribution in [0.5, 0.6) is 11.5 Å². The fourth-order valence-corrected chi connectivity index (χ4v) is 3.87. The Hall–Kier alpha value is -3.28. The van der Waals surface area contributed by atoms with Crippen LogP contribution in [0.25, 0.3) is 10.9 Å². The van der Waals surface area contributed by atoms with Gasteiger partial charge in [-0.15, -0.1) is 0 Å². The maximum absolute atomic E-state index is 13.2. The highest BCUT2D eigenvalue weighted by atomic mass is 16.5. The molecule has 1 aromatic heterocycles. The van der Waals surface area contributed by atoms with Crippen LogP contribution in [0.2, 0.25) is 0 Å². The minimum atomic E-state index is -0.0675. The summed E-state index contributed by atoms with van der Waals surface area (Å²) in [4.78, 5) is 22.1. The molecule has 3 aromatic rings. The lowest BCUT2D eigenvalue weighted by molar-refractivity contribution is 0.0739. The van der Waals surface area contributed by atoms with Gasteiger partial charge in [-0.1, -0.05) is 24.3 Å². The van der Waals surface area contributed by atoms with Gasteiger partial charge in [0.05, 0.1) is 19.7 Å².